The fraction of sp³-hybridized carbons (Fsp3) is 0.583. The Labute approximate surface area is 102 Å². The van der Waals surface area contributed by atoms with E-state index in [2.05, 4.69) is 39.8 Å². The van der Waals surface area contributed by atoms with Crippen LogP contribution in [0.4, 0.5) is 5.95 Å². The molecule has 0 saturated carbocycles. The summed E-state index contributed by atoms with van der Waals surface area (Å²) in [5.74, 6) is 0.683. The highest BCUT2D eigenvalue weighted by Gasteiger charge is 2.23. The van der Waals surface area contributed by atoms with Gasteiger partial charge in [0.1, 0.15) is 11.8 Å². The lowest BCUT2D eigenvalue weighted by Crippen LogP contribution is -2.51. The van der Waals surface area contributed by atoms with Gasteiger partial charge in [-0.25, -0.2) is 9.97 Å². The molecule has 0 radical (unpaired) electrons. The highest BCUT2D eigenvalue weighted by atomic mass is 15.3. The Hall–Kier alpha value is -1.67. The van der Waals surface area contributed by atoms with Crippen LogP contribution in [0.2, 0.25) is 0 Å². The third kappa shape index (κ3) is 2.53. The predicted octanol–water partition coefficient (Wildman–Crippen LogP) is 0.797. The number of piperazine rings is 1. The van der Waals surface area contributed by atoms with Gasteiger partial charge >= 0.3 is 0 Å². The van der Waals surface area contributed by atoms with E-state index in [4.69, 9.17) is 5.26 Å². The highest BCUT2D eigenvalue weighted by molar-refractivity contribution is 5.37. The van der Waals surface area contributed by atoms with Crippen molar-refractivity contribution in [2.24, 2.45) is 0 Å². The Kier molecular flexibility index (Phi) is 3.25. The van der Waals surface area contributed by atoms with Gasteiger partial charge in [0.25, 0.3) is 0 Å². The monoisotopic (exact) mass is 231 g/mol. The van der Waals surface area contributed by atoms with Gasteiger partial charge in [0, 0.05) is 31.4 Å². The Morgan fingerprint density at radius 1 is 1.41 bits per heavy atom. The van der Waals surface area contributed by atoms with Crippen LogP contribution >= 0.6 is 0 Å². The predicted molar refractivity (Wildman–Crippen MR) is 65.8 cm³/mol. The van der Waals surface area contributed by atoms with Crippen LogP contribution in [0.15, 0.2) is 6.07 Å². The average molecular weight is 231 g/mol. The van der Waals surface area contributed by atoms with Crippen molar-refractivity contribution in [2.45, 2.75) is 19.9 Å². The zero-order valence-electron chi connectivity index (χ0n) is 10.5. The molecule has 90 valence electrons. The van der Waals surface area contributed by atoms with Gasteiger partial charge in [-0.3, -0.25) is 0 Å². The van der Waals surface area contributed by atoms with Crippen molar-refractivity contribution >= 4 is 5.95 Å². The molecule has 0 spiro atoms. The van der Waals surface area contributed by atoms with Crippen molar-refractivity contribution in [2.75, 3.05) is 31.6 Å². The lowest BCUT2D eigenvalue weighted by atomic mass is 10.2. The Morgan fingerprint density at radius 3 is 2.82 bits per heavy atom. The van der Waals surface area contributed by atoms with E-state index in [-0.39, 0.29) is 0 Å². The summed E-state index contributed by atoms with van der Waals surface area (Å²) in [6.07, 6.45) is 0. The largest absolute Gasteiger partial charge is 0.336 e. The van der Waals surface area contributed by atoms with E-state index in [0.29, 0.717) is 17.7 Å². The number of nitriles is 1. The van der Waals surface area contributed by atoms with Crippen LogP contribution in [0.5, 0.6) is 0 Å². The fourth-order valence-corrected chi connectivity index (χ4v) is 2.18. The molecule has 1 unspecified atom stereocenters. The second kappa shape index (κ2) is 4.68. The number of likely N-dealkylation sites (N-methyl/N-ethyl adjacent to an activating group) is 1. The van der Waals surface area contributed by atoms with Crippen LogP contribution < -0.4 is 4.90 Å². The molecule has 0 aromatic carbocycles. The second-order valence-corrected chi connectivity index (χ2v) is 4.61. The maximum absolute atomic E-state index is 8.93. The topological polar surface area (TPSA) is 56.1 Å². The van der Waals surface area contributed by atoms with Gasteiger partial charge in [0.2, 0.25) is 5.95 Å². The van der Waals surface area contributed by atoms with Crippen LogP contribution in [-0.2, 0) is 0 Å². The Bertz CT molecular complexity index is 451. The molecule has 5 nitrogen and oxygen atoms in total. The van der Waals surface area contributed by atoms with Crippen LogP contribution in [0.25, 0.3) is 0 Å². The van der Waals surface area contributed by atoms with Crippen molar-refractivity contribution in [3.8, 4) is 6.07 Å². The van der Waals surface area contributed by atoms with E-state index >= 15 is 0 Å². The van der Waals surface area contributed by atoms with E-state index in [9.17, 15) is 0 Å². The molecule has 0 bridgehead atoms. The van der Waals surface area contributed by atoms with Gasteiger partial charge in [0.15, 0.2) is 0 Å². The van der Waals surface area contributed by atoms with Crippen LogP contribution in [0.3, 0.4) is 0 Å². The molecular formula is C12H17N5. The molecule has 1 aliphatic heterocycles. The minimum Gasteiger partial charge on any atom is -0.336 e. The summed E-state index contributed by atoms with van der Waals surface area (Å²) < 4.78 is 0. The van der Waals surface area contributed by atoms with Gasteiger partial charge < -0.3 is 9.80 Å². The normalized spacial score (nSPS) is 21.3. The minimum atomic E-state index is 0.377. The molecule has 1 aromatic heterocycles. The molecule has 1 atom stereocenters. The molecule has 17 heavy (non-hydrogen) atoms. The Morgan fingerprint density at radius 2 is 2.18 bits per heavy atom. The van der Waals surface area contributed by atoms with E-state index in [1.54, 1.807) is 6.07 Å². The molecule has 0 aliphatic carbocycles. The molecule has 0 amide bonds. The smallest absolute Gasteiger partial charge is 0.227 e. The van der Waals surface area contributed by atoms with Gasteiger partial charge in [-0.1, -0.05) is 0 Å². The first-order valence-electron chi connectivity index (χ1n) is 5.81. The van der Waals surface area contributed by atoms with Crippen LogP contribution in [0, 0.1) is 18.3 Å². The zero-order valence-corrected chi connectivity index (χ0v) is 10.5. The summed E-state index contributed by atoms with van der Waals surface area (Å²) in [6, 6.07) is 4.17. The third-order valence-electron chi connectivity index (χ3n) is 3.04. The number of hydrogen-bond acceptors (Lipinski definition) is 5. The molecule has 1 saturated heterocycles. The molecule has 1 fully saturated rings. The maximum atomic E-state index is 8.93. The number of hydrogen-bond donors (Lipinski definition) is 0. The van der Waals surface area contributed by atoms with Gasteiger partial charge in [-0.05, 0) is 27.0 Å². The number of anilines is 1. The van der Waals surface area contributed by atoms with Crippen molar-refractivity contribution in [1.82, 2.24) is 14.9 Å². The molecule has 5 heteroatoms. The zero-order chi connectivity index (χ0) is 12.4. The molecule has 1 aliphatic rings. The summed E-state index contributed by atoms with van der Waals surface area (Å²) in [5.41, 5.74) is 1.29. The molecule has 1 aromatic rings. The molecule has 0 N–H and O–H groups in total. The van der Waals surface area contributed by atoms with E-state index < -0.39 is 0 Å². The first-order chi connectivity index (χ1) is 8.10. The quantitative estimate of drug-likeness (QED) is 0.715. The molecule has 2 rings (SSSR count). The van der Waals surface area contributed by atoms with E-state index in [1.807, 2.05) is 6.92 Å². The maximum Gasteiger partial charge on any atom is 0.227 e. The van der Waals surface area contributed by atoms with Crippen molar-refractivity contribution in [1.29, 1.82) is 5.26 Å². The number of aromatic nitrogens is 2. The summed E-state index contributed by atoms with van der Waals surface area (Å²) in [6.45, 7) is 6.97. The van der Waals surface area contributed by atoms with Gasteiger partial charge in [-0.2, -0.15) is 5.26 Å². The number of nitrogens with zero attached hydrogens (tertiary/aromatic N) is 5. The third-order valence-corrected chi connectivity index (χ3v) is 3.04. The first kappa shape index (κ1) is 11.8. The highest BCUT2D eigenvalue weighted by Crippen LogP contribution is 2.16. The SMILES string of the molecule is Cc1cc(C#N)nc(N2CCN(C)CC2C)n1. The Balaban J connectivity index is 2.28. The van der Waals surface area contributed by atoms with Crippen LogP contribution in [0.1, 0.15) is 18.3 Å². The molecule has 2 heterocycles. The summed E-state index contributed by atoms with van der Waals surface area (Å²) in [4.78, 5) is 13.2. The lowest BCUT2D eigenvalue weighted by molar-refractivity contribution is 0.273. The average Bonchev–Trinajstić information content (AvgIpc) is 2.28. The fourth-order valence-electron chi connectivity index (χ4n) is 2.18. The number of rotatable bonds is 1. The number of aryl methyl sites for hydroxylation is 1. The van der Waals surface area contributed by atoms with Crippen molar-refractivity contribution in [3.05, 3.63) is 17.5 Å². The standard InChI is InChI=1S/C12H17N5/c1-9-6-11(7-13)15-12(14-9)17-5-4-16(3)8-10(17)2/h6,10H,4-5,8H2,1-3H3. The van der Waals surface area contributed by atoms with Gasteiger partial charge in [0.05, 0.1) is 0 Å². The molecular weight excluding hydrogens is 214 g/mol. The first-order valence-corrected chi connectivity index (χ1v) is 5.81. The van der Waals surface area contributed by atoms with E-state index in [1.165, 1.54) is 0 Å². The van der Waals surface area contributed by atoms with E-state index in [0.717, 1.165) is 25.3 Å². The minimum absolute atomic E-state index is 0.377. The second-order valence-electron chi connectivity index (χ2n) is 4.61. The van der Waals surface area contributed by atoms with Crippen molar-refractivity contribution in [3.63, 3.8) is 0 Å². The van der Waals surface area contributed by atoms with Crippen molar-refractivity contribution < 1.29 is 0 Å². The lowest BCUT2D eigenvalue weighted by Gasteiger charge is -2.38. The summed E-state index contributed by atoms with van der Waals surface area (Å²) >= 11 is 0. The summed E-state index contributed by atoms with van der Waals surface area (Å²) in [5, 5.41) is 8.93. The van der Waals surface area contributed by atoms with Gasteiger partial charge in [-0.15, -0.1) is 0 Å². The van der Waals surface area contributed by atoms with Crippen LogP contribution in [-0.4, -0.2) is 47.6 Å². The summed E-state index contributed by atoms with van der Waals surface area (Å²) in [7, 11) is 2.12.